The summed E-state index contributed by atoms with van der Waals surface area (Å²) in [7, 11) is 2.46. The number of benzene rings is 1. The topological polar surface area (TPSA) is 76.2 Å². The van der Waals surface area contributed by atoms with Gasteiger partial charge in [-0.3, -0.25) is 4.79 Å². The molecular weight excluding hydrogens is 344 g/mol. The van der Waals surface area contributed by atoms with Gasteiger partial charge in [0.05, 0.1) is 20.3 Å². The Kier molecular flexibility index (Phi) is 5.95. The van der Waals surface area contributed by atoms with Crippen molar-refractivity contribution in [1.29, 1.82) is 0 Å². The first-order chi connectivity index (χ1) is 11.7. The van der Waals surface area contributed by atoms with Gasteiger partial charge in [0, 0.05) is 32.3 Å². The molecule has 25 heavy (non-hydrogen) atoms. The van der Waals surface area contributed by atoms with Crippen molar-refractivity contribution in [2.24, 2.45) is 0 Å². The van der Waals surface area contributed by atoms with Crippen LogP contribution in [0.25, 0.3) is 0 Å². The van der Waals surface area contributed by atoms with Crippen molar-refractivity contribution in [3.63, 3.8) is 0 Å². The molecule has 0 saturated carbocycles. The summed E-state index contributed by atoms with van der Waals surface area (Å²) in [6, 6.07) is 5.01. The molecule has 0 bridgehead atoms. The number of carbonyl (C=O) groups excluding carboxylic acids is 1. The van der Waals surface area contributed by atoms with E-state index in [4.69, 9.17) is 9.47 Å². The summed E-state index contributed by atoms with van der Waals surface area (Å²) in [5.74, 6) is 0.801. The number of rotatable bonds is 6. The predicted octanol–water partition coefficient (Wildman–Crippen LogP) is 1.65. The summed E-state index contributed by atoms with van der Waals surface area (Å²) in [6.45, 7) is 1.84. The molecule has 2 rings (SSSR count). The van der Waals surface area contributed by atoms with Gasteiger partial charge in [0.25, 0.3) is 0 Å². The van der Waals surface area contributed by atoms with Crippen LogP contribution in [0.3, 0.4) is 0 Å². The first kappa shape index (κ1) is 19.5. The average molecular weight is 370 g/mol. The van der Waals surface area contributed by atoms with Crippen molar-refractivity contribution in [2.45, 2.75) is 31.1 Å². The van der Waals surface area contributed by atoms with Crippen molar-refractivity contribution >= 4 is 15.9 Å². The maximum Gasteiger partial charge on any atom is 0.241 e. The van der Waals surface area contributed by atoms with Crippen LogP contribution in [-0.4, -0.2) is 63.6 Å². The van der Waals surface area contributed by atoms with Crippen molar-refractivity contribution in [3.05, 3.63) is 23.8 Å². The van der Waals surface area contributed by atoms with E-state index >= 15 is 0 Å². The van der Waals surface area contributed by atoms with Gasteiger partial charge >= 0.3 is 0 Å². The van der Waals surface area contributed by atoms with E-state index in [1.54, 1.807) is 40.4 Å². The molecule has 7 nitrogen and oxygen atoms in total. The zero-order chi connectivity index (χ0) is 18.8. The highest BCUT2D eigenvalue weighted by molar-refractivity contribution is 7.90. The lowest BCUT2D eigenvalue weighted by atomic mass is 10.0. The number of ether oxygens (including phenoxy) is 2. The Morgan fingerprint density at radius 2 is 1.96 bits per heavy atom. The summed E-state index contributed by atoms with van der Waals surface area (Å²) in [6.07, 6.45) is 1.42. The monoisotopic (exact) mass is 370 g/mol. The first-order valence-corrected chi connectivity index (χ1v) is 9.68. The third kappa shape index (κ3) is 3.74. The second-order valence-corrected chi connectivity index (χ2v) is 8.50. The number of methoxy groups -OCH3 is 2. The minimum Gasteiger partial charge on any atom is -0.497 e. The SMILES string of the molecule is COc1ccc([C@@H]2CCCN2S(=O)(=O)[C@H](C)C(=O)N(C)C)c(OC)c1. The molecule has 0 N–H and O–H groups in total. The van der Waals surface area contributed by atoms with E-state index in [-0.39, 0.29) is 6.04 Å². The lowest BCUT2D eigenvalue weighted by Crippen LogP contribution is -2.44. The van der Waals surface area contributed by atoms with Gasteiger partial charge in [-0.05, 0) is 25.8 Å². The summed E-state index contributed by atoms with van der Waals surface area (Å²) in [5, 5.41) is -1.12. The van der Waals surface area contributed by atoms with E-state index < -0.39 is 21.2 Å². The molecule has 8 heteroatoms. The van der Waals surface area contributed by atoms with Gasteiger partial charge in [-0.1, -0.05) is 6.07 Å². The normalized spacial score (nSPS) is 19.5. The van der Waals surface area contributed by atoms with E-state index in [1.807, 2.05) is 6.07 Å². The minimum absolute atomic E-state index is 0.344. The van der Waals surface area contributed by atoms with Crippen molar-refractivity contribution in [3.8, 4) is 11.5 Å². The predicted molar refractivity (Wildman–Crippen MR) is 95.3 cm³/mol. The summed E-state index contributed by atoms with van der Waals surface area (Å²) in [4.78, 5) is 13.5. The number of nitrogens with zero attached hydrogens (tertiary/aromatic N) is 2. The lowest BCUT2D eigenvalue weighted by molar-refractivity contribution is -0.128. The molecule has 1 amide bonds. The highest BCUT2D eigenvalue weighted by Crippen LogP contribution is 2.40. The number of amides is 1. The lowest BCUT2D eigenvalue weighted by Gasteiger charge is -2.29. The van der Waals surface area contributed by atoms with Gasteiger partial charge in [0.15, 0.2) is 5.25 Å². The molecule has 0 spiro atoms. The molecule has 0 unspecified atom stereocenters. The number of carbonyl (C=O) groups is 1. The van der Waals surface area contributed by atoms with Crippen LogP contribution in [0.5, 0.6) is 11.5 Å². The molecular formula is C17H26N2O5S. The Bertz CT molecular complexity index is 733. The summed E-state index contributed by atoms with van der Waals surface area (Å²) < 4.78 is 38.1. The van der Waals surface area contributed by atoms with Gasteiger partial charge in [0.1, 0.15) is 11.5 Å². The molecule has 1 fully saturated rings. The van der Waals surface area contributed by atoms with Crippen molar-refractivity contribution < 1.29 is 22.7 Å². The first-order valence-electron chi connectivity index (χ1n) is 8.17. The zero-order valence-electron chi connectivity index (χ0n) is 15.4. The van der Waals surface area contributed by atoms with Gasteiger partial charge in [-0.15, -0.1) is 0 Å². The number of hydrogen-bond donors (Lipinski definition) is 0. The smallest absolute Gasteiger partial charge is 0.241 e. The third-order valence-corrected chi connectivity index (χ3v) is 6.75. The van der Waals surface area contributed by atoms with Crippen LogP contribution >= 0.6 is 0 Å². The fourth-order valence-electron chi connectivity index (χ4n) is 3.14. The maximum absolute atomic E-state index is 13.0. The molecule has 1 aromatic carbocycles. The van der Waals surface area contributed by atoms with Crippen LogP contribution in [0.1, 0.15) is 31.4 Å². The Morgan fingerprint density at radius 1 is 1.28 bits per heavy atom. The number of hydrogen-bond acceptors (Lipinski definition) is 5. The second-order valence-electron chi connectivity index (χ2n) is 6.30. The van der Waals surface area contributed by atoms with Crippen LogP contribution in [0.4, 0.5) is 0 Å². The van der Waals surface area contributed by atoms with Gasteiger partial charge in [-0.25, -0.2) is 8.42 Å². The van der Waals surface area contributed by atoms with E-state index in [2.05, 4.69) is 0 Å². The Labute approximate surface area is 149 Å². The molecule has 0 aliphatic carbocycles. The van der Waals surface area contributed by atoms with E-state index in [9.17, 15) is 13.2 Å². The minimum atomic E-state index is -3.77. The molecule has 1 aliphatic heterocycles. The van der Waals surface area contributed by atoms with Crippen LogP contribution in [0, 0.1) is 0 Å². The van der Waals surface area contributed by atoms with Gasteiger partial charge in [0.2, 0.25) is 15.9 Å². The quantitative estimate of drug-likeness (QED) is 0.761. The van der Waals surface area contributed by atoms with Crippen LogP contribution in [0.2, 0.25) is 0 Å². The number of sulfonamides is 1. The molecule has 140 valence electrons. The highest BCUT2D eigenvalue weighted by atomic mass is 32.2. The summed E-state index contributed by atoms with van der Waals surface area (Å²) >= 11 is 0. The Morgan fingerprint density at radius 3 is 2.52 bits per heavy atom. The zero-order valence-corrected chi connectivity index (χ0v) is 16.2. The van der Waals surface area contributed by atoms with Crippen LogP contribution in [-0.2, 0) is 14.8 Å². The fourth-order valence-corrected chi connectivity index (χ4v) is 4.97. The van der Waals surface area contributed by atoms with Gasteiger partial charge in [-0.2, -0.15) is 4.31 Å². The largest absolute Gasteiger partial charge is 0.497 e. The molecule has 1 saturated heterocycles. The standard InChI is InChI=1S/C17H26N2O5S/c1-12(17(20)18(2)3)25(21,22)19-10-6-7-15(19)14-9-8-13(23-4)11-16(14)24-5/h8-9,11-12,15H,6-7,10H2,1-5H3/t12-,15+/m1/s1. The molecule has 1 aliphatic rings. The molecule has 1 heterocycles. The second kappa shape index (κ2) is 7.61. The van der Waals surface area contributed by atoms with Crippen LogP contribution < -0.4 is 9.47 Å². The summed E-state index contributed by atoms with van der Waals surface area (Å²) in [5.41, 5.74) is 0.786. The third-order valence-electron chi connectivity index (χ3n) is 4.57. The maximum atomic E-state index is 13.0. The fraction of sp³-hybridized carbons (Fsp3) is 0.588. The van der Waals surface area contributed by atoms with Gasteiger partial charge < -0.3 is 14.4 Å². The molecule has 1 aromatic rings. The van der Waals surface area contributed by atoms with E-state index in [0.29, 0.717) is 24.5 Å². The van der Waals surface area contributed by atoms with E-state index in [1.165, 1.54) is 16.1 Å². The molecule has 2 atom stereocenters. The molecule has 0 aromatic heterocycles. The molecule has 0 radical (unpaired) electrons. The van der Waals surface area contributed by atoms with Crippen molar-refractivity contribution in [1.82, 2.24) is 9.21 Å². The van der Waals surface area contributed by atoms with Crippen LogP contribution in [0.15, 0.2) is 18.2 Å². The van der Waals surface area contributed by atoms with E-state index in [0.717, 1.165) is 12.0 Å². The Hall–Kier alpha value is -1.80. The van der Waals surface area contributed by atoms with Crippen molar-refractivity contribution in [2.75, 3.05) is 34.9 Å². The Balaban J connectivity index is 2.39. The highest BCUT2D eigenvalue weighted by Gasteiger charge is 2.42. The average Bonchev–Trinajstić information content (AvgIpc) is 3.09.